The van der Waals surface area contributed by atoms with Crippen molar-refractivity contribution in [3.63, 3.8) is 0 Å². The molecule has 0 rings (SSSR count). The molecule has 0 aliphatic heterocycles. The van der Waals surface area contributed by atoms with Crippen LogP contribution in [0.4, 0.5) is 0 Å². The van der Waals surface area contributed by atoms with Gasteiger partial charge in [-0.05, 0) is 0 Å². The molecule has 0 aliphatic rings. The molecular formula is C6H8O14. The molecule has 14 nitrogen and oxygen atoms in total. The maximum atomic E-state index is 11.1. The first-order chi connectivity index (χ1) is 8.97. The van der Waals surface area contributed by atoms with E-state index in [4.69, 9.17) is 31.1 Å². The Morgan fingerprint density at radius 2 is 1.15 bits per heavy atom. The molecule has 0 saturated carbocycles. The molecule has 0 radical (unpaired) electrons. The van der Waals surface area contributed by atoms with Gasteiger partial charge in [0, 0.05) is 0 Å². The predicted molar refractivity (Wildman–Crippen MR) is 45.9 cm³/mol. The highest BCUT2D eigenvalue weighted by atomic mass is 17.2. The Morgan fingerprint density at radius 1 is 0.750 bits per heavy atom. The Hall–Kier alpha value is -1.91. The third-order valence-corrected chi connectivity index (χ3v) is 2.15. The number of carboxylic acids is 1. The summed E-state index contributed by atoms with van der Waals surface area (Å²) in [6.07, 6.45) is 0. The second-order valence-corrected chi connectivity index (χ2v) is 3.18. The summed E-state index contributed by atoms with van der Waals surface area (Å²) in [4.78, 5) is 41.1. The van der Waals surface area contributed by atoms with Crippen molar-refractivity contribution in [1.29, 1.82) is 0 Å². The van der Waals surface area contributed by atoms with Crippen molar-refractivity contribution in [2.24, 2.45) is 0 Å². The summed E-state index contributed by atoms with van der Waals surface area (Å²) >= 11 is 0. The minimum absolute atomic E-state index is 2.70. The van der Waals surface area contributed by atoms with Gasteiger partial charge in [0.2, 0.25) is 0 Å². The van der Waals surface area contributed by atoms with Gasteiger partial charge in [-0.15, -0.1) is 0 Å². The van der Waals surface area contributed by atoms with E-state index in [1.807, 2.05) is 0 Å². The number of carboxylic acid groups (broad SMARTS) is 1. The van der Waals surface area contributed by atoms with Crippen LogP contribution in [0.25, 0.3) is 0 Å². The van der Waals surface area contributed by atoms with Crippen LogP contribution in [-0.2, 0) is 29.0 Å². The summed E-state index contributed by atoms with van der Waals surface area (Å²) < 4.78 is 0. The van der Waals surface area contributed by atoms with Crippen LogP contribution in [0.15, 0.2) is 0 Å². The minimum Gasteiger partial charge on any atom is -0.477 e. The Kier molecular flexibility index (Phi) is 5.07. The molecule has 116 valence electrons. The molecule has 0 aliphatic carbocycles. The van der Waals surface area contributed by atoms with Gasteiger partial charge in [-0.25, -0.2) is 19.3 Å². The average molecular weight is 304 g/mol. The number of hydrogen-bond donors (Lipinski definition) is 8. The summed E-state index contributed by atoms with van der Waals surface area (Å²) in [5.74, 6) is -17.8. The Balaban J connectivity index is 6.43. The second kappa shape index (κ2) is 5.61. The maximum Gasteiger partial charge on any atom is 0.404 e. The number of aliphatic hydroxyl groups is 4. The normalized spacial score (nSPS) is 15.2. The molecule has 0 aromatic carbocycles. The zero-order chi connectivity index (χ0) is 16.4. The molecule has 14 heteroatoms. The summed E-state index contributed by atoms with van der Waals surface area (Å²) in [5, 5.41) is 69.6. The van der Waals surface area contributed by atoms with Gasteiger partial charge >= 0.3 is 35.1 Å². The Labute approximate surface area is 107 Å². The van der Waals surface area contributed by atoms with Crippen molar-refractivity contribution in [2.45, 2.75) is 17.2 Å². The predicted octanol–water partition coefficient (Wildman–Crippen LogP) is -4.31. The van der Waals surface area contributed by atoms with Gasteiger partial charge in [-0.3, -0.25) is 15.0 Å². The fourth-order valence-electron chi connectivity index (χ4n) is 1.11. The van der Waals surface area contributed by atoms with Crippen LogP contribution in [0.3, 0.4) is 0 Å². The molecule has 0 spiro atoms. The zero-order valence-electron chi connectivity index (χ0n) is 9.03. The first-order valence-corrected chi connectivity index (χ1v) is 4.14. The molecule has 0 heterocycles. The molecule has 1 unspecified atom stereocenters. The molecule has 0 aromatic heterocycles. The van der Waals surface area contributed by atoms with Crippen LogP contribution >= 0.6 is 0 Å². The standard InChI is InChI=1S/C6H8O14/c7-1(8)5(11,12)4(20-17,2(9)18-15)6(13,14)3(10)19-16/h11-17H,(H,7,8). The molecule has 20 heavy (non-hydrogen) atoms. The zero-order valence-corrected chi connectivity index (χ0v) is 9.03. The summed E-state index contributed by atoms with van der Waals surface area (Å²) in [6, 6.07) is 0. The summed E-state index contributed by atoms with van der Waals surface area (Å²) in [6.45, 7) is 0. The van der Waals surface area contributed by atoms with Crippen molar-refractivity contribution in [2.75, 3.05) is 0 Å². The van der Waals surface area contributed by atoms with E-state index in [2.05, 4.69) is 14.7 Å². The number of rotatable bonds is 6. The minimum atomic E-state index is -4.75. The smallest absolute Gasteiger partial charge is 0.404 e. The Morgan fingerprint density at radius 3 is 1.40 bits per heavy atom. The van der Waals surface area contributed by atoms with E-state index in [-0.39, 0.29) is 0 Å². The van der Waals surface area contributed by atoms with E-state index >= 15 is 0 Å². The largest absolute Gasteiger partial charge is 0.477 e. The number of carbonyl (C=O) groups is 3. The van der Waals surface area contributed by atoms with Crippen LogP contribution < -0.4 is 0 Å². The maximum absolute atomic E-state index is 11.1. The molecule has 0 amide bonds. The Bertz CT molecular complexity index is 410. The molecule has 0 saturated heterocycles. The topological polar surface area (TPSA) is 241 Å². The quantitative estimate of drug-likeness (QED) is 0.131. The highest BCUT2D eigenvalue weighted by molar-refractivity contribution is 5.97. The molecule has 0 aromatic rings. The van der Waals surface area contributed by atoms with Gasteiger partial charge in [0.05, 0.1) is 0 Å². The van der Waals surface area contributed by atoms with Gasteiger partial charge in [0.15, 0.2) is 0 Å². The third kappa shape index (κ3) is 2.17. The third-order valence-electron chi connectivity index (χ3n) is 2.15. The number of aliphatic carboxylic acids is 1. The van der Waals surface area contributed by atoms with Crippen LogP contribution in [0.1, 0.15) is 0 Å². The van der Waals surface area contributed by atoms with Crippen molar-refractivity contribution < 1.29 is 70.4 Å². The van der Waals surface area contributed by atoms with Crippen LogP contribution in [0.2, 0.25) is 0 Å². The fourth-order valence-corrected chi connectivity index (χ4v) is 1.11. The highest BCUT2D eigenvalue weighted by Crippen LogP contribution is 2.36. The number of hydrogen-bond acceptors (Lipinski definition) is 13. The van der Waals surface area contributed by atoms with Crippen molar-refractivity contribution in [1.82, 2.24) is 0 Å². The van der Waals surface area contributed by atoms with Crippen molar-refractivity contribution >= 4 is 17.9 Å². The summed E-state index contributed by atoms with van der Waals surface area (Å²) in [7, 11) is 0. The van der Waals surface area contributed by atoms with Gasteiger partial charge in [0.25, 0.3) is 0 Å². The van der Waals surface area contributed by atoms with E-state index in [1.165, 1.54) is 0 Å². The lowest BCUT2D eigenvalue weighted by molar-refractivity contribution is -0.451. The summed E-state index contributed by atoms with van der Waals surface area (Å²) in [5.41, 5.74) is -4.68. The van der Waals surface area contributed by atoms with Crippen molar-refractivity contribution in [3.8, 4) is 0 Å². The van der Waals surface area contributed by atoms with Gasteiger partial charge in [-0.2, -0.15) is 10.5 Å². The van der Waals surface area contributed by atoms with Gasteiger partial charge in [0.1, 0.15) is 0 Å². The lowest BCUT2D eigenvalue weighted by Crippen LogP contribution is -2.78. The monoisotopic (exact) mass is 304 g/mol. The van der Waals surface area contributed by atoms with E-state index in [1.54, 1.807) is 0 Å². The van der Waals surface area contributed by atoms with Crippen LogP contribution in [-0.4, -0.2) is 76.4 Å². The van der Waals surface area contributed by atoms with Crippen molar-refractivity contribution in [3.05, 3.63) is 0 Å². The van der Waals surface area contributed by atoms with E-state index in [0.717, 1.165) is 0 Å². The molecule has 0 bridgehead atoms. The van der Waals surface area contributed by atoms with E-state index in [0.29, 0.717) is 0 Å². The lowest BCUT2D eigenvalue weighted by Gasteiger charge is -2.39. The fraction of sp³-hybridized carbons (Fsp3) is 0.500. The molecule has 8 N–H and O–H groups in total. The van der Waals surface area contributed by atoms with Crippen LogP contribution in [0, 0.1) is 0 Å². The van der Waals surface area contributed by atoms with E-state index in [9.17, 15) is 24.6 Å². The highest BCUT2D eigenvalue weighted by Gasteiger charge is 2.79. The second-order valence-electron chi connectivity index (χ2n) is 3.18. The van der Waals surface area contributed by atoms with Crippen LogP contribution in [0.5, 0.6) is 0 Å². The van der Waals surface area contributed by atoms with Gasteiger partial charge < -0.3 is 25.5 Å². The first kappa shape index (κ1) is 18.1. The first-order valence-electron chi connectivity index (χ1n) is 4.14. The van der Waals surface area contributed by atoms with Gasteiger partial charge in [-0.1, -0.05) is 0 Å². The molecule has 0 fully saturated rings. The average Bonchev–Trinajstić information content (AvgIpc) is 2.37. The molecular weight excluding hydrogens is 296 g/mol. The van der Waals surface area contributed by atoms with E-state index < -0.39 is 35.1 Å². The SMILES string of the molecule is O=C(O)C(O)(O)C(OO)(C(=O)OO)C(O)(O)C(=O)OO. The number of carbonyl (C=O) groups excluding carboxylic acids is 2. The lowest BCUT2D eigenvalue weighted by atomic mass is 9.83. The molecule has 1 atom stereocenters.